The lowest BCUT2D eigenvalue weighted by molar-refractivity contribution is 0.629. The third-order valence-corrected chi connectivity index (χ3v) is 2.23. The predicted octanol–water partition coefficient (Wildman–Crippen LogP) is 2.19. The van der Waals surface area contributed by atoms with Crippen molar-refractivity contribution < 1.29 is 4.39 Å². The average molecular weight is 206 g/mol. The number of H-pyrrole nitrogens is 1. The molecule has 0 radical (unpaired) electrons. The largest absolute Gasteiger partial charge is 0.310 e. The standard InChI is InChI=1S/C11H11FN2O/c1-6(2)10-13-9-4-3-7(12)5-8(9)11(15)14-10/h3-6H,1-2H3,(H,13,14,15). The first-order valence-corrected chi connectivity index (χ1v) is 4.77. The van der Waals surface area contributed by atoms with Crippen molar-refractivity contribution in [2.24, 2.45) is 0 Å². The molecule has 2 aromatic rings. The van der Waals surface area contributed by atoms with Crippen molar-refractivity contribution in [2.75, 3.05) is 0 Å². The normalized spacial score (nSPS) is 11.2. The molecule has 0 unspecified atom stereocenters. The van der Waals surface area contributed by atoms with E-state index in [1.807, 2.05) is 13.8 Å². The summed E-state index contributed by atoms with van der Waals surface area (Å²) in [5.74, 6) is 0.346. The number of nitrogens with zero attached hydrogens (tertiary/aromatic N) is 1. The van der Waals surface area contributed by atoms with Gasteiger partial charge in [0.1, 0.15) is 11.6 Å². The van der Waals surface area contributed by atoms with E-state index in [9.17, 15) is 9.18 Å². The molecule has 1 heterocycles. The molecule has 4 heteroatoms. The van der Waals surface area contributed by atoms with Crippen molar-refractivity contribution in [1.82, 2.24) is 9.97 Å². The first kappa shape index (κ1) is 9.83. The molecule has 0 aliphatic rings. The van der Waals surface area contributed by atoms with Gasteiger partial charge in [0.15, 0.2) is 0 Å². The Morgan fingerprint density at radius 2 is 2.13 bits per heavy atom. The molecule has 1 aromatic heterocycles. The van der Waals surface area contributed by atoms with E-state index < -0.39 is 5.82 Å². The lowest BCUT2D eigenvalue weighted by Gasteiger charge is -2.05. The van der Waals surface area contributed by atoms with Crippen LogP contribution in [0.3, 0.4) is 0 Å². The highest BCUT2D eigenvalue weighted by molar-refractivity contribution is 5.77. The molecular formula is C11H11FN2O. The fraction of sp³-hybridized carbons (Fsp3) is 0.273. The van der Waals surface area contributed by atoms with E-state index in [-0.39, 0.29) is 11.5 Å². The van der Waals surface area contributed by atoms with Gasteiger partial charge in [-0.3, -0.25) is 4.79 Å². The molecule has 78 valence electrons. The second-order valence-electron chi connectivity index (χ2n) is 3.77. The molecule has 0 bridgehead atoms. The van der Waals surface area contributed by atoms with Crippen molar-refractivity contribution in [1.29, 1.82) is 0 Å². The summed E-state index contributed by atoms with van der Waals surface area (Å²) in [5.41, 5.74) is 0.243. The van der Waals surface area contributed by atoms with Gasteiger partial charge in [-0.15, -0.1) is 0 Å². The van der Waals surface area contributed by atoms with E-state index in [1.165, 1.54) is 18.2 Å². The Labute approximate surface area is 86.0 Å². The number of aromatic nitrogens is 2. The van der Waals surface area contributed by atoms with Gasteiger partial charge in [-0.05, 0) is 18.2 Å². The Morgan fingerprint density at radius 1 is 1.40 bits per heavy atom. The minimum atomic E-state index is -0.424. The SMILES string of the molecule is CC(C)c1nc2ccc(F)cc2c(=O)[nH]1. The average Bonchev–Trinajstić information content (AvgIpc) is 2.18. The van der Waals surface area contributed by atoms with Crippen LogP contribution in [0.25, 0.3) is 10.9 Å². The fourth-order valence-corrected chi connectivity index (χ4v) is 1.40. The van der Waals surface area contributed by atoms with Crippen LogP contribution in [0.5, 0.6) is 0 Å². The summed E-state index contributed by atoms with van der Waals surface area (Å²) < 4.78 is 12.9. The predicted molar refractivity (Wildman–Crippen MR) is 56.4 cm³/mol. The van der Waals surface area contributed by atoms with Crippen LogP contribution in [-0.2, 0) is 0 Å². The van der Waals surface area contributed by atoms with Gasteiger partial charge in [0.2, 0.25) is 0 Å². The summed E-state index contributed by atoms with van der Waals surface area (Å²) in [5, 5.41) is 0.291. The summed E-state index contributed by atoms with van der Waals surface area (Å²) in [7, 11) is 0. The number of fused-ring (bicyclic) bond motifs is 1. The fourth-order valence-electron chi connectivity index (χ4n) is 1.40. The lowest BCUT2D eigenvalue weighted by atomic mass is 10.2. The molecule has 0 spiro atoms. The molecule has 0 saturated carbocycles. The van der Waals surface area contributed by atoms with Crippen LogP contribution in [0.15, 0.2) is 23.0 Å². The van der Waals surface area contributed by atoms with Gasteiger partial charge in [0.25, 0.3) is 5.56 Å². The van der Waals surface area contributed by atoms with Gasteiger partial charge < -0.3 is 4.98 Å². The number of benzene rings is 1. The van der Waals surface area contributed by atoms with Crippen molar-refractivity contribution in [3.8, 4) is 0 Å². The molecule has 1 N–H and O–H groups in total. The first-order chi connectivity index (χ1) is 7.08. The number of nitrogens with one attached hydrogen (secondary N) is 1. The topological polar surface area (TPSA) is 45.8 Å². The van der Waals surface area contributed by atoms with E-state index in [1.54, 1.807) is 0 Å². The zero-order valence-electron chi connectivity index (χ0n) is 8.54. The molecule has 3 nitrogen and oxygen atoms in total. The number of halogens is 1. The van der Waals surface area contributed by atoms with Crippen molar-refractivity contribution in [3.05, 3.63) is 40.2 Å². The molecular weight excluding hydrogens is 195 g/mol. The van der Waals surface area contributed by atoms with E-state index in [2.05, 4.69) is 9.97 Å². The number of rotatable bonds is 1. The molecule has 15 heavy (non-hydrogen) atoms. The minimum absolute atomic E-state index is 0.146. The smallest absolute Gasteiger partial charge is 0.258 e. The Kier molecular flexibility index (Phi) is 2.26. The first-order valence-electron chi connectivity index (χ1n) is 4.77. The van der Waals surface area contributed by atoms with Crippen LogP contribution in [0.1, 0.15) is 25.6 Å². The zero-order valence-corrected chi connectivity index (χ0v) is 8.54. The molecule has 0 saturated heterocycles. The zero-order chi connectivity index (χ0) is 11.0. The molecule has 0 fully saturated rings. The van der Waals surface area contributed by atoms with Gasteiger partial charge in [-0.1, -0.05) is 13.8 Å². The van der Waals surface area contributed by atoms with Crippen molar-refractivity contribution >= 4 is 10.9 Å². The lowest BCUT2D eigenvalue weighted by Crippen LogP contribution is -2.12. The highest BCUT2D eigenvalue weighted by Crippen LogP contribution is 2.12. The Balaban J connectivity index is 2.79. The van der Waals surface area contributed by atoms with Crippen LogP contribution >= 0.6 is 0 Å². The Morgan fingerprint density at radius 3 is 2.80 bits per heavy atom. The summed E-state index contributed by atoms with van der Waals surface area (Å²) in [4.78, 5) is 18.5. The van der Waals surface area contributed by atoms with E-state index in [0.717, 1.165) is 0 Å². The van der Waals surface area contributed by atoms with Crippen molar-refractivity contribution in [2.45, 2.75) is 19.8 Å². The maximum atomic E-state index is 12.9. The highest BCUT2D eigenvalue weighted by atomic mass is 19.1. The van der Waals surface area contributed by atoms with Crippen LogP contribution < -0.4 is 5.56 Å². The second-order valence-corrected chi connectivity index (χ2v) is 3.77. The van der Waals surface area contributed by atoms with Crippen molar-refractivity contribution in [3.63, 3.8) is 0 Å². The van der Waals surface area contributed by atoms with Gasteiger partial charge in [-0.2, -0.15) is 0 Å². The highest BCUT2D eigenvalue weighted by Gasteiger charge is 2.07. The van der Waals surface area contributed by atoms with Gasteiger partial charge in [0, 0.05) is 5.92 Å². The van der Waals surface area contributed by atoms with E-state index in [4.69, 9.17) is 0 Å². The summed E-state index contributed by atoms with van der Waals surface area (Å²) in [6.45, 7) is 3.88. The van der Waals surface area contributed by atoms with Gasteiger partial charge >= 0.3 is 0 Å². The molecule has 1 aromatic carbocycles. The third-order valence-electron chi connectivity index (χ3n) is 2.23. The van der Waals surface area contributed by atoms with Crippen LogP contribution in [0.4, 0.5) is 4.39 Å². The minimum Gasteiger partial charge on any atom is -0.310 e. The monoisotopic (exact) mass is 206 g/mol. The molecule has 0 amide bonds. The van der Waals surface area contributed by atoms with Crippen LogP contribution in [0.2, 0.25) is 0 Å². The summed E-state index contributed by atoms with van der Waals surface area (Å²) >= 11 is 0. The Hall–Kier alpha value is -1.71. The quantitative estimate of drug-likeness (QED) is 0.777. The number of hydrogen-bond donors (Lipinski definition) is 1. The van der Waals surface area contributed by atoms with Gasteiger partial charge in [-0.25, -0.2) is 9.37 Å². The summed E-state index contributed by atoms with van der Waals surface area (Å²) in [6.07, 6.45) is 0. The number of hydrogen-bond acceptors (Lipinski definition) is 2. The maximum absolute atomic E-state index is 12.9. The van der Waals surface area contributed by atoms with E-state index >= 15 is 0 Å². The van der Waals surface area contributed by atoms with Crippen LogP contribution in [-0.4, -0.2) is 9.97 Å². The van der Waals surface area contributed by atoms with Crippen LogP contribution in [0, 0.1) is 5.82 Å². The third kappa shape index (κ3) is 1.75. The Bertz CT molecular complexity index is 560. The maximum Gasteiger partial charge on any atom is 0.258 e. The van der Waals surface area contributed by atoms with Gasteiger partial charge in [0.05, 0.1) is 10.9 Å². The molecule has 0 aliphatic carbocycles. The number of aromatic amines is 1. The van der Waals surface area contributed by atoms with E-state index in [0.29, 0.717) is 16.7 Å². The molecule has 0 aliphatic heterocycles. The molecule has 2 rings (SSSR count). The second kappa shape index (κ2) is 3.46. The summed E-state index contributed by atoms with van der Waals surface area (Å²) in [6, 6.07) is 4.02. The molecule has 0 atom stereocenters.